The van der Waals surface area contributed by atoms with Gasteiger partial charge in [-0.05, 0) is 166 Å². The van der Waals surface area contributed by atoms with E-state index >= 15 is 0 Å². The van der Waals surface area contributed by atoms with Crippen LogP contribution in [-0.4, -0.2) is 37.8 Å². The van der Waals surface area contributed by atoms with Crippen LogP contribution in [0.5, 0.6) is 0 Å². The lowest BCUT2D eigenvalue weighted by atomic mass is 10.0. The van der Waals surface area contributed by atoms with E-state index in [1.165, 1.54) is 14.2 Å². The quantitative estimate of drug-likeness (QED) is 0.154. The second-order valence-electron chi connectivity index (χ2n) is 7.37. The predicted molar refractivity (Wildman–Crippen MR) is 188 cm³/mol. The molecule has 0 unspecified atom stereocenters. The summed E-state index contributed by atoms with van der Waals surface area (Å²) in [5.74, 6) is -1.01. The standard InChI is InChI=1S/C23H19I6NO6/c1-35-22(33)17-13(25)8-12(24)11(19(17)28)7-10(31)5-3-4-6-16(32)30-21-15(27)9-14(26)18(20(21)29)23(34)36-2/h8-9H,3-7H2,1-2H3,(H,30,32). The Balaban J connectivity index is 1.96. The van der Waals surface area contributed by atoms with Crippen LogP contribution in [0.4, 0.5) is 5.69 Å². The molecule has 1 amide bonds. The Hall–Kier alpha value is 0.900. The summed E-state index contributed by atoms with van der Waals surface area (Å²) in [4.78, 5) is 49.5. The fraction of sp³-hybridized carbons (Fsp3) is 0.304. The summed E-state index contributed by atoms with van der Waals surface area (Å²) in [5.41, 5.74) is 2.32. The lowest BCUT2D eigenvalue weighted by molar-refractivity contribution is -0.119. The Morgan fingerprint density at radius 2 is 1.22 bits per heavy atom. The highest BCUT2D eigenvalue weighted by Crippen LogP contribution is 2.33. The third kappa shape index (κ3) is 8.70. The van der Waals surface area contributed by atoms with E-state index in [0.717, 1.165) is 23.4 Å². The molecule has 1 N–H and O–H groups in total. The molecule has 0 aliphatic rings. The molecule has 0 saturated heterocycles. The zero-order valence-electron chi connectivity index (χ0n) is 18.9. The Morgan fingerprint density at radius 1 is 0.722 bits per heavy atom. The van der Waals surface area contributed by atoms with Crippen LogP contribution in [0.1, 0.15) is 52.0 Å². The van der Waals surface area contributed by atoms with Crippen molar-refractivity contribution >= 4 is 165 Å². The number of methoxy groups -OCH3 is 2. The Labute approximate surface area is 290 Å². The second-order valence-corrected chi connectivity index (χ2v) is 14.2. The van der Waals surface area contributed by atoms with Crippen LogP contribution in [0, 0.1) is 21.4 Å². The van der Waals surface area contributed by atoms with Gasteiger partial charge in [0.1, 0.15) is 5.78 Å². The molecule has 0 aromatic heterocycles. The molecule has 36 heavy (non-hydrogen) atoms. The molecule has 13 heteroatoms. The van der Waals surface area contributed by atoms with Crippen molar-refractivity contribution in [1.82, 2.24) is 0 Å². The van der Waals surface area contributed by atoms with Crippen molar-refractivity contribution in [2.24, 2.45) is 0 Å². The van der Waals surface area contributed by atoms with Gasteiger partial charge in [0.05, 0.1) is 34.6 Å². The fourth-order valence-corrected chi connectivity index (χ4v) is 11.4. The maximum absolute atomic E-state index is 12.7. The van der Waals surface area contributed by atoms with Gasteiger partial charge in [-0.15, -0.1) is 0 Å². The first-order valence-electron chi connectivity index (χ1n) is 10.2. The molecular weight excluding hydrogens is 1150 g/mol. The van der Waals surface area contributed by atoms with Crippen LogP contribution in [-0.2, 0) is 25.5 Å². The molecule has 0 fully saturated rings. The number of unbranched alkanes of at least 4 members (excludes halogenated alkanes) is 1. The molecule has 0 radical (unpaired) electrons. The number of rotatable bonds is 10. The van der Waals surface area contributed by atoms with Crippen LogP contribution in [0.25, 0.3) is 0 Å². The molecule has 2 aromatic carbocycles. The minimum absolute atomic E-state index is 0.0488. The van der Waals surface area contributed by atoms with E-state index in [1.54, 1.807) is 0 Å². The molecular formula is C23H19I6NO6. The van der Waals surface area contributed by atoms with Gasteiger partial charge >= 0.3 is 11.9 Å². The molecule has 0 saturated carbocycles. The number of hydrogen-bond donors (Lipinski definition) is 1. The minimum Gasteiger partial charge on any atom is -0.465 e. The number of Topliss-reactive ketones (excluding diaryl/α,β-unsaturated/α-hetero) is 1. The van der Waals surface area contributed by atoms with Crippen molar-refractivity contribution in [1.29, 1.82) is 0 Å². The zero-order valence-corrected chi connectivity index (χ0v) is 31.9. The molecule has 0 spiro atoms. The van der Waals surface area contributed by atoms with Crippen molar-refractivity contribution in [3.05, 3.63) is 50.2 Å². The van der Waals surface area contributed by atoms with Gasteiger partial charge in [0.15, 0.2) is 0 Å². The monoisotopic (exact) mass is 1170 g/mol. The minimum atomic E-state index is -0.453. The number of benzene rings is 2. The van der Waals surface area contributed by atoms with Crippen LogP contribution in [0.3, 0.4) is 0 Å². The van der Waals surface area contributed by atoms with Crippen LogP contribution in [0.15, 0.2) is 12.1 Å². The normalized spacial score (nSPS) is 10.7. The lowest BCUT2D eigenvalue weighted by Gasteiger charge is -2.14. The molecule has 0 heterocycles. The molecule has 2 rings (SSSR count). The summed E-state index contributed by atoms with van der Waals surface area (Å²) >= 11 is 12.6. The van der Waals surface area contributed by atoms with Crippen molar-refractivity contribution in [3.63, 3.8) is 0 Å². The van der Waals surface area contributed by atoms with E-state index in [0.29, 0.717) is 39.6 Å². The number of esters is 2. The summed E-state index contributed by atoms with van der Waals surface area (Å²) in [7, 11) is 2.66. The van der Waals surface area contributed by atoms with Gasteiger partial charge < -0.3 is 14.8 Å². The van der Waals surface area contributed by atoms with Gasteiger partial charge in [-0.25, -0.2) is 9.59 Å². The van der Waals surface area contributed by atoms with Crippen molar-refractivity contribution < 1.29 is 28.7 Å². The molecule has 2 aromatic rings. The fourth-order valence-electron chi connectivity index (χ4n) is 3.17. The zero-order chi connectivity index (χ0) is 27.2. The molecule has 0 aliphatic heterocycles. The Morgan fingerprint density at radius 3 is 1.78 bits per heavy atom. The number of ketones is 1. The highest BCUT2D eigenvalue weighted by atomic mass is 127. The third-order valence-electron chi connectivity index (χ3n) is 4.96. The maximum atomic E-state index is 12.7. The number of halogens is 6. The van der Waals surface area contributed by atoms with Crippen LogP contribution < -0.4 is 5.32 Å². The highest BCUT2D eigenvalue weighted by molar-refractivity contribution is 14.1. The number of carbonyl (C=O) groups is 4. The van der Waals surface area contributed by atoms with E-state index in [2.05, 4.69) is 118 Å². The first-order valence-corrected chi connectivity index (χ1v) is 16.7. The van der Waals surface area contributed by atoms with Gasteiger partial charge in [0.2, 0.25) is 5.91 Å². The summed E-state index contributed by atoms with van der Waals surface area (Å²) < 4.78 is 14.4. The van der Waals surface area contributed by atoms with Gasteiger partial charge in [-0.1, -0.05) is 0 Å². The molecule has 0 atom stereocenters. The van der Waals surface area contributed by atoms with Crippen molar-refractivity contribution in [2.45, 2.75) is 32.1 Å². The van der Waals surface area contributed by atoms with Gasteiger partial charge in [0, 0.05) is 37.1 Å². The van der Waals surface area contributed by atoms with Crippen LogP contribution >= 0.6 is 136 Å². The summed E-state index contributed by atoms with van der Waals surface area (Å²) in [6.45, 7) is 0. The van der Waals surface area contributed by atoms with Gasteiger partial charge in [0.25, 0.3) is 0 Å². The smallest absolute Gasteiger partial charge is 0.340 e. The van der Waals surface area contributed by atoms with Gasteiger partial charge in [-0.3, -0.25) is 9.59 Å². The summed E-state index contributed by atoms with van der Waals surface area (Å²) in [5, 5.41) is 2.90. The maximum Gasteiger partial charge on any atom is 0.340 e. The number of hydrogen-bond acceptors (Lipinski definition) is 6. The van der Waals surface area contributed by atoms with E-state index in [-0.39, 0.29) is 24.5 Å². The molecule has 7 nitrogen and oxygen atoms in total. The SMILES string of the molecule is COC(=O)c1c(I)cc(I)c(CC(=O)CCCCC(=O)Nc2c(I)cc(I)c(C(=O)OC)c2I)c1I. The van der Waals surface area contributed by atoms with E-state index in [4.69, 9.17) is 9.47 Å². The Bertz CT molecular complexity index is 1120. The third-order valence-corrected chi connectivity index (χ3v) is 10.7. The summed E-state index contributed by atoms with van der Waals surface area (Å²) in [6.07, 6.45) is 1.93. The lowest BCUT2D eigenvalue weighted by Crippen LogP contribution is -2.16. The molecule has 0 aliphatic carbocycles. The first kappa shape index (κ1) is 33.1. The topological polar surface area (TPSA) is 98.8 Å². The van der Waals surface area contributed by atoms with E-state index in [1.807, 2.05) is 34.7 Å². The predicted octanol–water partition coefficient (Wildman–Crippen LogP) is 7.20. The number of ether oxygens (including phenoxy) is 2. The average Bonchev–Trinajstić information content (AvgIpc) is 2.81. The van der Waals surface area contributed by atoms with Gasteiger partial charge in [-0.2, -0.15) is 0 Å². The average molecular weight is 1170 g/mol. The molecule has 194 valence electrons. The van der Waals surface area contributed by atoms with E-state index in [9.17, 15) is 19.2 Å². The number of carbonyl (C=O) groups excluding carboxylic acids is 4. The number of anilines is 1. The number of nitrogens with one attached hydrogen (secondary N) is 1. The second kappa shape index (κ2) is 15.6. The highest BCUT2D eigenvalue weighted by Gasteiger charge is 2.23. The van der Waals surface area contributed by atoms with E-state index < -0.39 is 11.9 Å². The van der Waals surface area contributed by atoms with Crippen LogP contribution in [0.2, 0.25) is 0 Å². The Kier molecular flexibility index (Phi) is 14.4. The summed E-state index contributed by atoms with van der Waals surface area (Å²) in [6, 6.07) is 3.70. The van der Waals surface area contributed by atoms with Crippen molar-refractivity contribution in [3.8, 4) is 0 Å². The number of amides is 1. The van der Waals surface area contributed by atoms with Crippen molar-refractivity contribution in [2.75, 3.05) is 19.5 Å². The first-order chi connectivity index (χ1) is 16.9. The molecule has 0 bridgehead atoms. The largest absolute Gasteiger partial charge is 0.465 e.